The molecule has 4 nitrogen and oxygen atoms in total. The zero-order valence-corrected chi connectivity index (χ0v) is 12.0. The molecule has 0 bridgehead atoms. The van der Waals surface area contributed by atoms with E-state index in [4.69, 9.17) is 0 Å². The number of carbonyl (C=O) groups is 1. The van der Waals surface area contributed by atoms with Gasteiger partial charge >= 0.3 is 0 Å². The number of β-amino-alcohol motifs (C(OH)–C–C–N with tert-alkyl or cyclic N) is 1. The molecule has 22 heavy (non-hydrogen) atoms. The molecular formula is C17H17FN2O2. The molecule has 1 aliphatic rings. The molecule has 1 aliphatic heterocycles. The summed E-state index contributed by atoms with van der Waals surface area (Å²) in [6.07, 6.45) is 3.51. The van der Waals surface area contributed by atoms with Crippen molar-refractivity contribution in [1.82, 2.24) is 9.88 Å². The number of nitrogens with zero attached hydrogens (tertiary/aromatic N) is 2. The lowest BCUT2D eigenvalue weighted by atomic mass is 10.0. The third-order valence-corrected chi connectivity index (χ3v) is 3.96. The zero-order chi connectivity index (χ0) is 15.5. The molecule has 2 unspecified atom stereocenters. The number of likely N-dealkylation sites (tertiary alicyclic amines) is 1. The lowest BCUT2D eigenvalue weighted by Crippen LogP contribution is -2.33. The van der Waals surface area contributed by atoms with Crippen LogP contribution >= 0.6 is 0 Å². The van der Waals surface area contributed by atoms with Crippen LogP contribution in [-0.2, 0) is 11.2 Å². The Morgan fingerprint density at radius 1 is 1.23 bits per heavy atom. The van der Waals surface area contributed by atoms with E-state index in [-0.39, 0.29) is 24.2 Å². The van der Waals surface area contributed by atoms with E-state index in [2.05, 4.69) is 4.98 Å². The predicted octanol–water partition coefficient (Wildman–Crippen LogP) is 2.10. The topological polar surface area (TPSA) is 53.4 Å². The molecule has 0 spiro atoms. The van der Waals surface area contributed by atoms with Crippen LogP contribution in [0.5, 0.6) is 0 Å². The Bertz CT molecular complexity index is 645. The van der Waals surface area contributed by atoms with Crippen LogP contribution < -0.4 is 0 Å². The quantitative estimate of drug-likeness (QED) is 0.944. The number of amides is 1. The molecule has 1 amide bonds. The maximum absolute atomic E-state index is 13.1. The van der Waals surface area contributed by atoms with Gasteiger partial charge in [-0.3, -0.25) is 9.78 Å². The third kappa shape index (κ3) is 3.14. The number of carbonyl (C=O) groups excluding carboxylic acids is 1. The summed E-state index contributed by atoms with van der Waals surface area (Å²) in [4.78, 5) is 18.1. The largest absolute Gasteiger partial charge is 0.391 e. The Morgan fingerprint density at radius 3 is 2.59 bits per heavy atom. The number of rotatable bonds is 3. The molecule has 1 aromatic heterocycles. The number of aliphatic hydroxyl groups is 1. The van der Waals surface area contributed by atoms with Gasteiger partial charge in [0.05, 0.1) is 18.6 Å². The molecule has 0 saturated carbocycles. The first-order valence-corrected chi connectivity index (χ1v) is 7.25. The highest BCUT2D eigenvalue weighted by molar-refractivity contribution is 5.79. The van der Waals surface area contributed by atoms with Crippen LogP contribution in [0.15, 0.2) is 48.8 Å². The van der Waals surface area contributed by atoms with E-state index in [1.807, 2.05) is 0 Å². The number of hydrogen-bond donors (Lipinski definition) is 1. The van der Waals surface area contributed by atoms with Crippen LogP contribution in [0.2, 0.25) is 0 Å². The van der Waals surface area contributed by atoms with Crippen LogP contribution in [0.1, 0.15) is 23.6 Å². The van der Waals surface area contributed by atoms with Crippen molar-refractivity contribution in [2.75, 3.05) is 6.54 Å². The second kappa shape index (κ2) is 6.23. The summed E-state index contributed by atoms with van der Waals surface area (Å²) in [5.41, 5.74) is 1.74. The second-order valence-corrected chi connectivity index (χ2v) is 5.54. The van der Waals surface area contributed by atoms with Crippen molar-refractivity contribution in [2.45, 2.75) is 25.0 Å². The zero-order valence-electron chi connectivity index (χ0n) is 12.0. The summed E-state index contributed by atoms with van der Waals surface area (Å²) >= 11 is 0. The molecule has 1 fully saturated rings. The summed E-state index contributed by atoms with van der Waals surface area (Å²) in [5, 5.41) is 9.92. The van der Waals surface area contributed by atoms with Crippen molar-refractivity contribution in [2.24, 2.45) is 0 Å². The number of pyridine rings is 1. The molecule has 5 heteroatoms. The lowest BCUT2D eigenvalue weighted by Gasteiger charge is -2.25. The molecule has 3 rings (SSSR count). The minimum absolute atomic E-state index is 0.0444. The molecule has 114 valence electrons. The van der Waals surface area contributed by atoms with E-state index in [1.165, 1.54) is 12.1 Å². The van der Waals surface area contributed by atoms with Gasteiger partial charge in [-0.25, -0.2) is 4.39 Å². The highest BCUT2D eigenvalue weighted by Gasteiger charge is 2.35. The summed E-state index contributed by atoms with van der Waals surface area (Å²) in [7, 11) is 0. The van der Waals surface area contributed by atoms with E-state index >= 15 is 0 Å². The maximum Gasteiger partial charge on any atom is 0.227 e. The number of hydrogen-bond acceptors (Lipinski definition) is 3. The molecule has 0 aliphatic carbocycles. The smallest absolute Gasteiger partial charge is 0.227 e. The van der Waals surface area contributed by atoms with Crippen LogP contribution in [0.4, 0.5) is 4.39 Å². The first kappa shape index (κ1) is 14.7. The summed E-state index contributed by atoms with van der Waals surface area (Å²) in [6, 6.07) is 9.51. The van der Waals surface area contributed by atoms with Crippen molar-refractivity contribution in [3.63, 3.8) is 0 Å². The average Bonchev–Trinajstić information content (AvgIpc) is 2.91. The molecule has 1 saturated heterocycles. The number of halogens is 1. The van der Waals surface area contributed by atoms with Gasteiger partial charge in [-0.2, -0.15) is 0 Å². The lowest BCUT2D eigenvalue weighted by molar-refractivity contribution is -0.131. The van der Waals surface area contributed by atoms with Gasteiger partial charge in [-0.1, -0.05) is 12.1 Å². The average molecular weight is 300 g/mol. The normalized spacial score (nSPS) is 21.1. The standard InChI is InChI=1S/C17H17FN2O2/c18-14-3-1-13(2-4-14)16-10-15(21)11-20(16)17(22)9-12-5-7-19-8-6-12/h1-8,15-16,21H,9-11H2. The molecule has 1 aromatic carbocycles. The monoisotopic (exact) mass is 300 g/mol. The van der Waals surface area contributed by atoms with Crippen molar-refractivity contribution in [3.8, 4) is 0 Å². The van der Waals surface area contributed by atoms with Crippen molar-refractivity contribution in [1.29, 1.82) is 0 Å². The minimum Gasteiger partial charge on any atom is -0.391 e. The number of benzene rings is 1. The molecule has 1 N–H and O–H groups in total. The van der Waals surface area contributed by atoms with E-state index in [1.54, 1.807) is 41.6 Å². The van der Waals surface area contributed by atoms with Crippen LogP contribution in [0.25, 0.3) is 0 Å². The van der Waals surface area contributed by atoms with Gasteiger partial charge in [0.25, 0.3) is 0 Å². The SMILES string of the molecule is O=C(Cc1ccncc1)N1CC(O)CC1c1ccc(F)cc1. The first-order valence-electron chi connectivity index (χ1n) is 7.25. The molecule has 2 atom stereocenters. The number of aromatic nitrogens is 1. The minimum atomic E-state index is -0.545. The fraction of sp³-hybridized carbons (Fsp3) is 0.294. The maximum atomic E-state index is 13.1. The van der Waals surface area contributed by atoms with Gasteiger partial charge < -0.3 is 10.0 Å². The molecule has 0 radical (unpaired) electrons. The Labute approximate surface area is 128 Å². The Hall–Kier alpha value is -2.27. The van der Waals surface area contributed by atoms with Gasteiger partial charge in [0.1, 0.15) is 5.82 Å². The number of aliphatic hydroxyl groups excluding tert-OH is 1. The van der Waals surface area contributed by atoms with Gasteiger partial charge in [-0.15, -0.1) is 0 Å². The fourth-order valence-electron chi connectivity index (χ4n) is 2.87. The Morgan fingerprint density at radius 2 is 1.91 bits per heavy atom. The van der Waals surface area contributed by atoms with Gasteiger partial charge in [0.2, 0.25) is 5.91 Å². The summed E-state index contributed by atoms with van der Waals surface area (Å²) < 4.78 is 13.1. The van der Waals surface area contributed by atoms with Crippen LogP contribution in [0.3, 0.4) is 0 Å². The van der Waals surface area contributed by atoms with Gasteiger partial charge in [-0.05, 0) is 41.8 Å². The Kier molecular flexibility index (Phi) is 4.15. The summed E-state index contributed by atoms with van der Waals surface area (Å²) in [6.45, 7) is 0.311. The van der Waals surface area contributed by atoms with Crippen LogP contribution in [-0.4, -0.2) is 33.5 Å². The van der Waals surface area contributed by atoms with Crippen molar-refractivity contribution in [3.05, 3.63) is 65.7 Å². The molecular weight excluding hydrogens is 283 g/mol. The predicted molar refractivity (Wildman–Crippen MR) is 79.4 cm³/mol. The van der Waals surface area contributed by atoms with E-state index < -0.39 is 6.10 Å². The summed E-state index contributed by atoms with van der Waals surface area (Å²) in [5.74, 6) is -0.353. The third-order valence-electron chi connectivity index (χ3n) is 3.96. The first-order chi connectivity index (χ1) is 10.6. The van der Waals surface area contributed by atoms with Crippen molar-refractivity contribution >= 4 is 5.91 Å². The van der Waals surface area contributed by atoms with Crippen molar-refractivity contribution < 1.29 is 14.3 Å². The van der Waals surface area contributed by atoms with E-state index in [0.29, 0.717) is 13.0 Å². The van der Waals surface area contributed by atoms with Crippen LogP contribution in [0, 0.1) is 5.82 Å². The van der Waals surface area contributed by atoms with Gasteiger partial charge in [0.15, 0.2) is 0 Å². The molecule has 2 aromatic rings. The Balaban J connectivity index is 1.78. The molecule has 2 heterocycles. The van der Waals surface area contributed by atoms with E-state index in [9.17, 15) is 14.3 Å². The highest BCUT2D eigenvalue weighted by atomic mass is 19.1. The van der Waals surface area contributed by atoms with Gasteiger partial charge in [0, 0.05) is 18.9 Å². The highest BCUT2D eigenvalue weighted by Crippen LogP contribution is 2.32. The van der Waals surface area contributed by atoms with E-state index in [0.717, 1.165) is 11.1 Å². The fourth-order valence-corrected chi connectivity index (χ4v) is 2.87. The second-order valence-electron chi connectivity index (χ2n) is 5.54.